The molecule has 0 aliphatic rings. The Hall–Kier alpha value is -2.56. The zero-order chi connectivity index (χ0) is 18.9. The molecule has 1 atom stereocenters. The van der Waals surface area contributed by atoms with E-state index in [4.69, 9.17) is 4.42 Å². The molecule has 2 aromatic rings. The first kappa shape index (κ1) is 19.8. The van der Waals surface area contributed by atoms with Gasteiger partial charge in [0, 0.05) is 19.5 Å². The number of hydrogen-bond acceptors (Lipinski definition) is 3. The second kappa shape index (κ2) is 9.80. The number of benzene rings is 1. The van der Waals surface area contributed by atoms with E-state index in [1.165, 1.54) is 12.5 Å². The highest BCUT2D eigenvalue weighted by Crippen LogP contribution is 2.11. The van der Waals surface area contributed by atoms with Gasteiger partial charge in [-0.1, -0.05) is 37.3 Å². The Morgan fingerprint density at radius 2 is 1.85 bits per heavy atom. The second-order valence-corrected chi connectivity index (χ2v) is 6.53. The average Bonchev–Trinajstić information content (AvgIpc) is 3.16. The van der Waals surface area contributed by atoms with Gasteiger partial charge in [-0.3, -0.25) is 9.59 Å². The van der Waals surface area contributed by atoms with Crippen molar-refractivity contribution in [2.24, 2.45) is 0 Å². The van der Waals surface area contributed by atoms with Gasteiger partial charge in [0.25, 0.3) is 0 Å². The monoisotopic (exact) mass is 356 g/mol. The summed E-state index contributed by atoms with van der Waals surface area (Å²) in [6.07, 6.45) is 3.18. The largest absolute Gasteiger partial charge is 0.467 e. The zero-order valence-corrected chi connectivity index (χ0v) is 15.9. The Labute approximate surface area is 155 Å². The fraction of sp³-hybridized carbons (Fsp3) is 0.429. The third kappa shape index (κ3) is 5.76. The maximum Gasteiger partial charge on any atom is 0.242 e. The standard InChI is InChI=1S/C21H28N2O3/c1-4-17(2)23(18(3)24)16-21(25)22(15-20-11-8-14-26-20)13-12-19-9-6-5-7-10-19/h5-11,14,17H,4,12-13,15-16H2,1-3H3/t17-/m1/s1. The van der Waals surface area contributed by atoms with Crippen molar-refractivity contribution < 1.29 is 14.0 Å². The van der Waals surface area contributed by atoms with Gasteiger partial charge in [0.2, 0.25) is 11.8 Å². The molecule has 5 nitrogen and oxygen atoms in total. The van der Waals surface area contributed by atoms with Crippen molar-refractivity contribution in [2.45, 2.75) is 46.2 Å². The van der Waals surface area contributed by atoms with Crippen molar-refractivity contribution in [1.82, 2.24) is 9.80 Å². The second-order valence-electron chi connectivity index (χ2n) is 6.53. The molecule has 1 aromatic heterocycles. The smallest absolute Gasteiger partial charge is 0.242 e. The fourth-order valence-corrected chi connectivity index (χ4v) is 2.83. The molecule has 0 fully saturated rings. The first-order valence-corrected chi connectivity index (χ1v) is 9.12. The van der Waals surface area contributed by atoms with Crippen LogP contribution < -0.4 is 0 Å². The Morgan fingerprint density at radius 1 is 1.12 bits per heavy atom. The van der Waals surface area contributed by atoms with Crippen molar-refractivity contribution in [3.05, 3.63) is 60.1 Å². The van der Waals surface area contributed by atoms with E-state index in [0.29, 0.717) is 13.1 Å². The van der Waals surface area contributed by atoms with E-state index >= 15 is 0 Å². The summed E-state index contributed by atoms with van der Waals surface area (Å²) in [5.74, 6) is 0.603. The number of carbonyl (C=O) groups is 2. The molecule has 0 spiro atoms. The van der Waals surface area contributed by atoms with Crippen LogP contribution in [0.5, 0.6) is 0 Å². The van der Waals surface area contributed by atoms with Gasteiger partial charge in [0.1, 0.15) is 5.76 Å². The van der Waals surface area contributed by atoms with Crippen LogP contribution in [-0.2, 0) is 22.6 Å². The van der Waals surface area contributed by atoms with Gasteiger partial charge in [0.15, 0.2) is 0 Å². The Morgan fingerprint density at radius 3 is 2.42 bits per heavy atom. The molecule has 1 heterocycles. The Kier molecular flexibility index (Phi) is 7.45. The molecule has 2 amide bonds. The molecule has 0 aliphatic carbocycles. The van der Waals surface area contributed by atoms with Crippen LogP contribution in [0, 0.1) is 0 Å². The lowest BCUT2D eigenvalue weighted by Gasteiger charge is -2.30. The summed E-state index contributed by atoms with van der Waals surface area (Å²) in [4.78, 5) is 28.3. The van der Waals surface area contributed by atoms with E-state index < -0.39 is 0 Å². The summed E-state index contributed by atoms with van der Waals surface area (Å²) >= 11 is 0. The minimum Gasteiger partial charge on any atom is -0.467 e. The fourth-order valence-electron chi connectivity index (χ4n) is 2.83. The number of amides is 2. The highest BCUT2D eigenvalue weighted by atomic mass is 16.3. The molecule has 0 radical (unpaired) electrons. The van der Waals surface area contributed by atoms with Gasteiger partial charge in [0.05, 0.1) is 19.4 Å². The number of furan rings is 1. The van der Waals surface area contributed by atoms with Crippen LogP contribution >= 0.6 is 0 Å². The van der Waals surface area contributed by atoms with Crippen molar-refractivity contribution in [1.29, 1.82) is 0 Å². The van der Waals surface area contributed by atoms with Gasteiger partial charge in [-0.2, -0.15) is 0 Å². The molecule has 0 saturated carbocycles. The Balaban J connectivity index is 2.08. The van der Waals surface area contributed by atoms with E-state index in [2.05, 4.69) is 12.1 Å². The number of rotatable bonds is 9. The zero-order valence-electron chi connectivity index (χ0n) is 15.9. The molecule has 0 aliphatic heterocycles. The van der Waals surface area contributed by atoms with Gasteiger partial charge in [-0.05, 0) is 37.5 Å². The first-order chi connectivity index (χ1) is 12.5. The van der Waals surface area contributed by atoms with Gasteiger partial charge in [-0.25, -0.2) is 0 Å². The summed E-state index contributed by atoms with van der Waals surface area (Å²) in [6.45, 7) is 6.58. The number of nitrogens with zero attached hydrogens (tertiary/aromatic N) is 2. The minimum absolute atomic E-state index is 0.0380. The lowest BCUT2D eigenvalue weighted by molar-refractivity contribution is -0.141. The van der Waals surface area contributed by atoms with Crippen LogP contribution in [0.25, 0.3) is 0 Å². The maximum absolute atomic E-state index is 12.9. The van der Waals surface area contributed by atoms with E-state index in [-0.39, 0.29) is 24.4 Å². The lowest BCUT2D eigenvalue weighted by Crippen LogP contribution is -2.46. The van der Waals surface area contributed by atoms with Crippen LogP contribution in [0.3, 0.4) is 0 Å². The van der Waals surface area contributed by atoms with Gasteiger partial charge in [-0.15, -0.1) is 0 Å². The van der Waals surface area contributed by atoms with Crippen molar-refractivity contribution in [3.63, 3.8) is 0 Å². The van der Waals surface area contributed by atoms with Crippen molar-refractivity contribution >= 4 is 11.8 Å². The highest BCUT2D eigenvalue weighted by molar-refractivity contribution is 5.84. The molecule has 5 heteroatoms. The van der Waals surface area contributed by atoms with Crippen molar-refractivity contribution in [3.8, 4) is 0 Å². The van der Waals surface area contributed by atoms with E-state index in [9.17, 15) is 9.59 Å². The van der Waals surface area contributed by atoms with Crippen LogP contribution in [0.1, 0.15) is 38.5 Å². The summed E-state index contributed by atoms with van der Waals surface area (Å²) in [7, 11) is 0. The Bertz CT molecular complexity index is 683. The highest BCUT2D eigenvalue weighted by Gasteiger charge is 2.23. The number of carbonyl (C=O) groups excluding carboxylic acids is 2. The van der Waals surface area contributed by atoms with Gasteiger partial charge < -0.3 is 14.2 Å². The van der Waals surface area contributed by atoms with E-state index in [1.807, 2.05) is 44.2 Å². The third-order valence-electron chi connectivity index (χ3n) is 4.63. The summed E-state index contributed by atoms with van der Waals surface area (Å²) in [5, 5.41) is 0. The molecule has 140 valence electrons. The summed E-state index contributed by atoms with van der Waals surface area (Å²) in [6, 6.07) is 13.8. The molecule has 2 rings (SSSR count). The predicted molar refractivity (Wildman–Crippen MR) is 101 cm³/mol. The maximum atomic E-state index is 12.9. The van der Waals surface area contributed by atoms with Crippen LogP contribution in [-0.4, -0.2) is 40.7 Å². The molecule has 0 unspecified atom stereocenters. The van der Waals surface area contributed by atoms with Crippen molar-refractivity contribution in [2.75, 3.05) is 13.1 Å². The summed E-state index contributed by atoms with van der Waals surface area (Å²) in [5.41, 5.74) is 1.18. The summed E-state index contributed by atoms with van der Waals surface area (Å²) < 4.78 is 5.41. The molecule has 0 bridgehead atoms. The van der Waals surface area contributed by atoms with Crippen LogP contribution in [0.4, 0.5) is 0 Å². The molecular weight excluding hydrogens is 328 g/mol. The van der Waals surface area contributed by atoms with Crippen LogP contribution in [0.15, 0.2) is 53.1 Å². The number of hydrogen-bond donors (Lipinski definition) is 0. The molecule has 26 heavy (non-hydrogen) atoms. The first-order valence-electron chi connectivity index (χ1n) is 9.12. The topological polar surface area (TPSA) is 53.8 Å². The molecular formula is C21H28N2O3. The van der Waals surface area contributed by atoms with Crippen LogP contribution in [0.2, 0.25) is 0 Å². The predicted octanol–water partition coefficient (Wildman–Crippen LogP) is 3.50. The SMILES string of the molecule is CC[C@@H](C)N(CC(=O)N(CCc1ccccc1)Cc1ccco1)C(C)=O. The van der Waals surface area contributed by atoms with E-state index in [1.54, 1.807) is 16.1 Å². The lowest BCUT2D eigenvalue weighted by atomic mass is 10.1. The van der Waals surface area contributed by atoms with E-state index in [0.717, 1.165) is 18.6 Å². The third-order valence-corrected chi connectivity index (χ3v) is 4.63. The molecule has 0 saturated heterocycles. The average molecular weight is 356 g/mol. The molecule has 1 aromatic carbocycles. The molecule has 0 N–H and O–H groups in total. The normalized spacial score (nSPS) is 11.8. The quantitative estimate of drug-likeness (QED) is 0.691. The minimum atomic E-state index is -0.0753. The van der Waals surface area contributed by atoms with Gasteiger partial charge >= 0.3 is 0 Å².